The molecule has 0 bridgehead atoms. The molecule has 0 radical (unpaired) electrons. The number of hydrogen-bond acceptors (Lipinski definition) is 3. The molecule has 0 spiro atoms. The monoisotopic (exact) mass is 266 g/mol. The first-order valence-electron chi connectivity index (χ1n) is 6.03. The van der Waals surface area contributed by atoms with Gasteiger partial charge in [-0.3, -0.25) is 0 Å². The van der Waals surface area contributed by atoms with Crippen LogP contribution in [0.5, 0.6) is 0 Å². The number of nitrogens with two attached hydrogens (primary N) is 1. The summed E-state index contributed by atoms with van der Waals surface area (Å²) >= 11 is 2.12. The van der Waals surface area contributed by atoms with E-state index in [2.05, 4.69) is 44.5 Å². The molecule has 1 aliphatic carbocycles. The van der Waals surface area contributed by atoms with Crippen LogP contribution in [0.3, 0.4) is 0 Å². The Hall–Kier alpha value is 0.560. The molecule has 1 aliphatic rings. The Labute approximate surface area is 111 Å². The van der Waals surface area contributed by atoms with E-state index in [0.29, 0.717) is 0 Å². The van der Waals surface area contributed by atoms with Crippen molar-refractivity contribution in [2.75, 3.05) is 19.3 Å². The molecule has 2 unspecified atom stereocenters. The maximum absolute atomic E-state index is 6.05. The van der Waals surface area contributed by atoms with Crippen LogP contribution in [0.1, 0.15) is 40.0 Å². The molecular formula is C12H27ClN2S. The predicted molar refractivity (Wildman–Crippen MR) is 77.7 cm³/mol. The molecule has 0 saturated heterocycles. The Morgan fingerprint density at radius 1 is 1.38 bits per heavy atom. The van der Waals surface area contributed by atoms with Gasteiger partial charge in [-0.25, -0.2) is 0 Å². The lowest BCUT2D eigenvalue weighted by atomic mass is 10.1. The van der Waals surface area contributed by atoms with Crippen molar-refractivity contribution >= 4 is 24.2 Å². The van der Waals surface area contributed by atoms with Gasteiger partial charge in [0.1, 0.15) is 0 Å². The average Bonchev–Trinajstić information content (AvgIpc) is 2.50. The fourth-order valence-corrected chi connectivity index (χ4v) is 3.61. The van der Waals surface area contributed by atoms with E-state index in [1.54, 1.807) is 0 Å². The van der Waals surface area contributed by atoms with Crippen molar-refractivity contribution in [1.82, 2.24) is 4.90 Å². The van der Waals surface area contributed by atoms with Crippen molar-refractivity contribution in [3.8, 4) is 0 Å². The molecule has 0 heterocycles. The Morgan fingerprint density at radius 3 is 2.50 bits per heavy atom. The van der Waals surface area contributed by atoms with Crippen LogP contribution in [0, 0.1) is 0 Å². The lowest BCUT2D eigenvalue weighted by Crippen LogP contribution is -2.46. The molecule has 2 nitrogen and oxygen atoms in total. The molecule has 0 aromatic carbocycles. The van der Waals surface area contributed by atoms with E-state index in [0.717, 1.165) is 17.8 Å². The molecule has 1 fully saturated rings. The average molecular weight is 267 g/mol. The van der Waals surface area contributed by atoms with Gasteiger partial charge in [-0.15, -0.1) is 12.4 Å². The quantitative estimate of drug-likeness (QED) is 0.830. The topological polar surface area (TPSA) is 29.3 Å². The minimum absolute atomic E-state index is 0. The van der Waals surface area contributed by atoms with Crippen LogP contribution >= 0.6 is 24.2 Å². The van der Waals surface area contributed by atoms with Crippen molar-refractivity contribution in [2.24, 2.45) is 5.73 Å². The third-order valence-corrected chi connectivity index (χ3v) is 4.27. The first kappa shape index (κ1) is 16.6. The third-order valence-electron chi connectivity index (χ3n) is 3.04. The number of rotatable bonds is 5. The summed E-state index contributed by atoms with van der Waals surface area (Å²) < 4.78 is 0. The summed E-state index contributed by atoms with van der Waals surface area (Å²) in [5, 5.41) is 0.892. The van der Waals surface area contributed by atoms with E-state index in [-0.39, 0.29) is 17.9 Å². The molecule has 0 aromatic heterocycles. The van der Waals surface area contributed by atoms with Crippen molar-refractivity contribution in [3.63, 3.8) is 0 Å². The van der Waals surface area contributed by atoms with Crippen LogP contribution in [-0.4, -0.2) is 41.1 Å². The van der Waals surface area contributed by atoms with E-state index >= 15 is 0 Å². The summed E-state index contributed by atoms with van der Waals surface area (Å²) in [5.41, 5.74) is 5.99. The van der Waals surface area contributed by atoms with Gasteiger partial charge in [-0.1, -0.05) is 6.92 Å². The van der Waals surface area contributed by atoms with Gasteiger partial charge < -0.3 is 10.6 Å². The Balaban J connectivity index is 0.00000225. The summed E-state index contributed by atoms with van der Waals surface area (Å²) in [7, 11) is 2.22. The highest BCUT2D eigenvalue weighted by Crippen LogP contribution is 2.32. The van der Waals surface area contributed by atoms with Gasteiger partial charge in [0.2, 0.25) is 0 Å². The molecule has 1 rings (SSSR count). The number of thioether (sulfide) groups is 1. The summed E-state index contributed by atoms with van der Waals surface area (Å²) in [6, 6.07) is 0.761. The first-order chi connectivity index (χ1) is 6.92. The molecule has 0 amide bonds. The zero-order valence-corrected chi connectivity index (χ0v) is 12.7. The second kappa shape index (κ2) is 7.10. The van der Waals surface area contributed by atoms with Gasteiger partial charge in [-0.2, -0.15) is 11.8 Å². The number of nitrogens with zero attached hydrogens (tertiary/aromatic N) is 1. The molecule has 4 heteroatoms. The predicted octanol–water partition coefficient (Wildman–Crippen LogP) is 2.75. The largest absolute Gasteiger partial charge is 0.324 e. The number of hydrogen-bond donors (Lipinski definition) is 1. The first-order valence-corrected chi connectivity index (χ1v) is 7.08. The summed E-state index contributed by atoms with van der Waals surface area (Å²) in [6.45, 7) is 7.47. The van der Waals surface area contributed by atoms with Crippen LogP contribution in [0.2, 0.25) is 0 Å². The van der Waals surface area contributed by atoms with Gasteiger partial charge in [-0.05, 0) is 45.9 Å². The lowest BCUT2D eigenvalue weighted by molar-refractivity contribution is 0.204. The fourth-order valence-electron chi connectivity index (χ4n) is 2.48. The zero-order chi connectivity index (χ0) is 11.5. The highest BCUT2D eigenvalue weighted by Gasteiger charge is 2.29. The van der Waals surface area contributed by atoms with E-state index < -0.39 is 0 Å². The Morgan fingerprint density at radius 2 is 2.00 bits per heavy atom. The SMILES string of the molecule is CCSC1CCC(N(C)CC(C)(C)N)C1.Cl. The number of likely N-dealkylation sites (N-methyl/N-ethyl adjacent to an activating group) is 1. The van der Waals surface area contributed by atoms with Crippen LogP contribution in [0.4, 0.5) is 0 Å². The summed E-state index contributed by atoms with van der Waals surface area (Å²) in [5.74, 6) is 1.25. The molecule has 2 atom stereocenters. The van der Waals surface area contributed by atoms with Gasteiger partial charge >= 0.3 is 0 Å². The molecule has 0 aromatic rings. The van der Waals surface area contributed by atoms with Crippen molar-refractivity contribution in [3.05, 3.63) is 0 Å². The van der Waals surface area contributed by atoms with Crippen LogP contribution in [0.15, 0.2) is 0 Å². The van der Waals surface area contributed by atoms with E-state index in [9.17, 15) is 0 Å². The van der Waals surface area contributed by atoms with Crippen molar-refractivity contribution in [2.45, 2.75) is 56.9 Å². The molecule has 1 saturated carbocycles. The minimum atomic E-state index is -0.0647. The molecule has 98 valence electrons. The Bertz CT molecular complexity index is 194. The number of halogens is 1. The standard InChI is InChI=1S/C12H26N2S.ClH/c1-5-15-11-7-6-10(8-11)14(4)9-12(2,3)13;/h10-11H,5-9,13H2,1-4H3;1H. The van der Waals surface area contributed by atoms with Crippen LogP contribution < -0.4 is 5.73 Å². The lowest BCUT2D eigenvalue weighted by Gasteiger charge is -2.31. The summed E-state index contributed by atoms with van der Waals surface area (Å²) in [6.07, 6.45) is 4.09. The smallest absolute Gasteiger partial charge is 0.0226 e. The zero-order valence-electron chi connectivity index (χ0n) is 11.0. The molecule has 2 N–H and O–H groups in total. The normalized spacial score (nSPS) is 25.9. The van der Waals surface area contributed by atoms with E-state index in [1.807, 2.05) is 0 Å². The Kier molecular flexibility index (Phi) is 7.34. The van der Waals surface area contributed by atoms with E-state index in [1.165, 1.54) is 25.0 Å². The fraction of sp³-hybridized carbons (Fsp3) is 1.00. The summed E-state index contributed by atoms with van der Waals surface area (Å²) in [4.78, 5) is 2.45. The highest BCUT2D eigenvalue weighted by atomic mass is 35.5. The third kappa shape index (κ3) is 5.76. The highest BCUT2D eigenvalue weighted by molar-refractivity contribution is 7.99. The molecule has 16 heavy (non-hydrogen) atoms. The second-order valence-corrected chi connectivity index (χ2v) is 7.03. The van der Waals surface area contributed by atoms with Crippen molar-refractivity contribution in [1.29, 1.82) is 0 Å². The maximum atomic E-state index is 6.05. The maximum Gasteiger partial charge on any atom is 0.0226 e. The van der Waals surface area contributed by atoms with Crippen molar-refractivity contribution < 1.29 is 0 Å². The van der Waals surface area contributed by atoms with E-state index in [4.69, 9.17) is 5.73 Å². The molecule has 0 aliphatic heterocycles. The molecular weight excluding hydrogens is 240 g/mol. The second-order valence-electron chi connectivity index (χ2n) is 5.45. The van der Waals surface area contributed by atoms with Gasteiger partial charge in [0, 0.05) is 23.4 Å². The van der Waals surface area contributed by atoms with Crippen LogP contribution in [0.25, 0.3) is 0 Å². The van der Waals surface area contributed by atoms with Crippen LogP contribution in [-0.2, 0) is 0 Å². The van der Waals surface area contributed by atoms with Gasteiger partial charge in [0.05, 0.1) is 0 Å². The van der Waals surface area contributed by atoms with Gasteiger partial charge in [0.15, 0.2) is 0 Å². The minimum Gasteiger partial charge on any atom is -0.324 e. The van der Waals surface area contributed by atoms with Gasteiger partial charge in [0.25, 0.3) is 0 Å².